The van der Waals surface area contributed by atoms with Gasteiger partial charge in [-0.25, -0.2) is 0 Å². The van der Waals surface area contributed by atoms with Crippen molar-refractivity contribution < 1.29 is 5.11 Å². The standard InChI is InChI=1S/C15H26O/c1-6-15(5,16)12-11-14(4)10-8-7-9-13(2)3/h6,9-10,16H,1,7-8,11-12H2,2-5H3/b14-10+/t15-/m0/s1. The molecule has 0 radical (unpaired) electrons. The van der Waals surface area contributed by atoms with Gasteiger partial charge in [-0.15, -0.1) is 6.58 Å². The molecule has 1 N–H and O–H groups in total. The summed E-state index contributed by atoms with van der Waals surface area (Å²) in [5.41, 5.74) is 2.00. The van der Waals surface area contributed by atoms with E-state index in [1.54, 1.807) is 13.0 Å². The van der Waals surface area contributed by atoms with Crippen molar-refractivity contribution in [2.75, 3.05) is 0 Å². The van der Waals surface area contributed by atoms with Gasteiger partial charge in [0, 0.05) is 0 Å². The lowest BCUT2D eigenvalue weighted by atomic mass is 9.97. The van der Waals surface area contributed by atoms with Crippen LogP contribution in [0.25, 0.3) is 0 Å². The average molecular weight is 222 g/mol. The SMILES string of the molecule is C=C[C@](C)(O)CC/C(C)=C/CCC=C(C)C. The lowest BCUT2D eigenvalue weighted by molar-refractivity contribution is 0.102. The molecular weight excluding hydrogens is 196 g/mol. The second-order valence-electron chi connectivity index (χ2n) is 4.97. The Morgan fingerprint density at radius 3 is 2.25 bits per heavy atom. The summed E-state index contributed by atoms with van der Waals surface area (Å²) in [6, 6.07) is 0. The fourth-order valence-corrected chi connectivity index (χ4v) is 1.36. The summed E-state index contributed by atoms with van der Waals surface area (Å²) in [5.74, 6) is 0. The Balaban J connectivity index is 3.88. The van der Waals surface area contributed by atoms with Crippen molar-refractivity contribution in [3.63, 3.8) is 0 Å². The summed E-state index contributed by atoms with van der Waals surface area (Å²) in [5, 5.41) is 9.76. The third kappa shape index (κ3) is 8.49. The van der Waals surface area contributed by atoms with Crippen LogP contribution in [0.3, 0.4) is 0 Å². The van der Waals surface area contributed by atoms with Gasteiger partial charge in [0.05, 0.1) is 5.60 Å². The molecule has 0 unspecified atom stereocenters. The molecule has 0 aliphatic heterocycles. The second kappa shape index (κ2) is 7.45. The van der Waals surface area contributed by atoms with Crippen LogP contribution in [0.4, 0.5) is 0 Å². The van der Waals surface area contributed by atoms with Gasteiger partial charge in [-0.3, -0.25) is 0 Å². The zero-order chi connectivity index (χ0) is 12.6. The molecule has 1 nitrogen and oxygen atoms in total. The molecule has 0 aromatic carbocycles. The number of rotatable bonds is 7. The minimum absolute atomic E-state index is 0.727. The zero-order valence-electron chi connectivity index (χ0n) is 11.2. The predicted octanol–water partition coefficient (Wildman–Crippen LogP) is 4.40. The molecule has 0 saturated heterocycles. The van der Waals surface area contributed by atoms with Crippen molar-refractivity contribution in [3.8, 4) is 0 Å². The van der Waals surface area contributed by atoms with Gasteiger partial charge in [-0.05, 0) is 53.4 Å². The van der Waals surface area contributed by atoms with Crippen LogP contribution in [0.5, 0.6) is 0 Å². The number of aliphatic hydroxyl groups is 1. The van der Waals surface area contributed by atoms with E-state index in [-0.39, 0.29) is 0 Å². The van der Waals surface area contributed by atoms with Gasteiger partial charge >= 0.3 is 0 Å². The molecule has 0 aliphatic rings. The molecule has 1 atom stereocenters. The molecule has 0 saturated carbocycles. The largest absolute Gasteiger partial charge is 0.386 e. The third-order valence-corrected chi connectivity index (χ3v) is 2.68. The highest BCUT2D eigenvalue weighted by atomic mass is 16.3. The average Bonchev–Trinajstić information content (AvgIpc) is 2.21. The van der Waals surface area contributed by atoms with Gasteiger partial charge in [0.1, 0.15) is 0 Å². The van der Waals surface area contributed by atoms with Crippen molar-refractivity contribution in [2.45, 2.75) is 59.0 Å². The van der Waals surface area contributed by atoms with Crippen LogP contribution in [-0.4, -0.2) is 10.7 Å². The van der Waals surface area contributed by atoms with Crippen LogP contribution in [0, 0.1) is 0 Å². The topological polar surface area (TPSA) is 20.2 Å². The highest BCUT2D eigenvalue weighted by Gasteiger charge is 2.14. The number of hydrogen-bond donors (Lipinski definition) is 1. The van der Waals surface area contributed by atoms with E-state index >= 15 is 0 Å². The molecular formula is C15H26O. The lowest BCUT2D eigenvalue weighted by Crippen LogP contribution is -2.19. The van der Waals surface area contributed by atoms with Crippen LogP contribution in [0.2, 0.25) is 0 Å². The highest BCUT2D eigenvalue weighted by Crippen LogP contribution is 2.17. The van der Waals surface area contributed by atoms with Gasteiger partial charge in [0.2, 0.25) is 0 Å². The molecule has 0 fully saturated rings. The Morgan fingerprint density at radius 2 is 1.75 bits per heavy atom. The van der Waals surface area contributed by atoms with E-state index in [9.17, 15) is 5.11 Å². The van der Waals surface area contributed by atoms with Crippen molar-refractivity contribution in [1.82, 2.24) is 0 Å². The van der Waals surface area contributed by atoms with Crippen LogP contribution in [0.1, 0.15) is 53.4 Å². The van der Waals surface area contributed by atoms with Gasteiger partial charge in [0.15, 0.2) is 0 Å². The minimum atomic E-state index is -0.727. The summed E-state index contributed by atoms with van der Waals surface area (Å²) in [6.07, 6.45) is 10.0. The first-order valence-electron chi connectivity index (χ1n) is 6.02. The van der Waals surface area contributed by atoms with Gasteiger partial charge in [0.25, 0.3) is 0 Å². The first-order chi connectivity index (χ1) is 7.37. The third-order valence-electron chi connectivity index (χ3n) is 2.68. The Bertz CT molecular complexity index is 265. The first kappa shape index (κ1) is 15.2. The summed E-state index contributed by atoms with van der Waals surface area (Å²) < 4.78 is 0. The molecule has 0 aliphatic carbocycles. The van der Waals surface area contributed by atoms with Crippen molar-refractivity contribution in [2.24, 2.45) is 0 Å². The van der Waals surface area contributed by atoms with E-state index < -0.39 is 5.60 Å². The molecule has 0 spiro atoms. The summed E-state index contributed by atoms with van der Waals surface area (Å²) in [7, 11) is 0. The van der Waals surface area contributed by atoms with Crippen LogP contribution in [0.15, 0.2) is 36.0 Å². The smallest absolute Gasteiger partial charge is 0.0800 e. The molecule has 92 valence electrons. The predicted molar refractivity (Wildman–Crippen MR) is 72.5 cm³/mol. The van der Waals surface area contributed by atoms with Crippen LogP contribution in [-0.2, 0) is 0 Å². The number of allylic oxidation sites excluding steroid dienone is 4. The minimum Gasteiger partial charge on any atom is -0.386 e. The number of hydrogen-bond acceptors (Lipinski definition) is 1. The molecule has 0 aromatic rings. The molecule has 0 rings (SSSR count). The van der Waals surface area contributed by atoms with Crippen LogP contribution < -0.4 is 0 Å². The quantitative estimate of drug-likeness (QED) is 0.500. The maximum absolute atomic E-state index is 9.76. The van der Waals surface area contributed by atoms with Gasteiger partial charge < -0.3 is 5.11 Å². The van der Waals surface area contributed by atoms with Crippen molar-refractivity contribution in [1.29, 1.82) is 0 Å². The highest BCUT2D eigenvalue weighted by molar-refractivity contribution is 5.03. The van der Waals surface area contributed by atoms with E-state index in [4.69, 9.17) is 0 Å². The van der Waals surface area contributed by atoms with E-state index in [0.717, 1.165) is 25.7 Å². The Hall–Kier alpha value is -0.820. The van der Waals surface area contributed by atoms with Gasteiger partial charge in [-0.1, -0.05) is 29.4 Å². The monoisotopic (exact) mass is 222 g/mol. The van der Waals surface area contributed by atoms with Crippen molar-refractivity contribution >= 4 is 0 Å². The van der Waals surface area contributed by atoms with Crippen LogP contribution >= 0.6 is 0 Å². The van der Waals surface area contributed by atoms with E-state index in [1.165, 1.54) is 11.1 Å². The van der Waals surface area contributed by atoms with E-state index in [0.29, 0.717) is 0 Å². The van der Waals surface area contributed by atoms with E-state index in [2.05, 4.69) is 39.5 Å². The van der Waals surface area contributed by atoms with Gasteiger partial charge in [-0.2, -0.15) is 0 Å². The Labute approximate surface area is 101 Å². The fraction of sp³-hybridized carbons (Fsp3) is 0.600. The normalized spacial score (nSPS) is 15.4. The van der Waals surface area contributed by atoms with E-state index in [1.807, 2.05) is 0 Å². The Kier molecular flexibility index (Phi) is 7.07. The molecule has 0 heterocycles. The molecule has 0 amide bonds. The molecule has 16 heavy (non-hydrogen) atoms. The Morgan fingerprint density at radius 1 is 1.19 bits per heavy atom. The zero-order valence-corrected chi connectivity index (χ0v) is 11.2. The summed E-state index contributed by atoms with van der Waals surface area (Å²) >= 11 is 0. The maximum atomic E-state index is 9.76. The molecule has 1 heteroatoms. The van der Waals surface area contributed by atoms with Crippen molar-refractivity contribution in [3.05, 3.63) is 36.0 Å². The summed E-state index contributed by atoms with van der Waals surface area (Å²) in [4.78, 5) is 0. The first-order valence-corrected chi connectivity index (χ1v) is 6.02. The fourth-order valence-electron chi connectivity index (χ4n) is 1.36. The summed E-state index contributed by atoms with van der Waals surface area (Å²) in [6.45, 7) is 11.8. The molecule has 0 aromatic heterocycles. The lowest BCUT2D eigenvalue weighted by Gasteiger charge is -2.18. The molecule has 0 bridgehead atoms. The number of unbranched alkanes of at least 4 members (excludes halogenated alkanes) is 1. The second-order valence-corrected chi connectivity index (χ2v) is 4.97. The maximum Gasteiger partial charge on any atom is 0.0800 e.